The van der Waals surface area contributed by atoms with Crippen molar-refractivity contribution < 1.29 is 18.1 Å². The summed E-state index contributed by atoms with van der Waals surface area (Å²) < 4.78 is 17.5. The molecule has 0 fully saturated rings. The van der Waals surface area contributed by atoms with Crippen LogP contribution in [-0.2, 0) is 18.1 Å². The van der Waals surface area contributed by atoms with E-state index < -0.39 is 8.80 Å². The van der Waals surface area contributed by atoms with Crippen molar-refractivity contribution in [2.45, 2.75) is 84.6 Å². The monoisotopic (exact) mass is 332 g/mol. The third-order valence-electron chi connectivity index (χ3n) is 3.77. The largest absolute Gasteiger partial charge is 0.511 e. The predicted molar refractivity (Wildman–Crippen MR) is 93.1 cm³/mol. The van der Waals surface area contributed by atoms with Crippen LogP contribution in [0.25, 0.3) is 0 Å². The van der Waals surface area contributed by atoms with Crippen molar-refractivity contribution in [2.24, 2.45) is 0 Å². The van der Waals surface area contributed by atoms with E-state index in [0.29, 0.717) is 19.8 Å². The molecule has 0 heterocycles. The minimum atomic E-state index is -2.87. The molecule has 0 aliphatic carbocycles. The third-order valence-corrected chi connectivity index (χ3v) is 7.18. The molecule has 1 unspecified atom stereocenters. The summed E-state index contributed by atoms with van der Waals surface area (Å²) in [6, 6.07) is 0. The molecule has 22 heavy (non-hydrogen) atoms. The summed E-state index contributed by atoms with van der Waals surface area (Å²) in [7, 11) is -2.87. The maximum atomic E-state index is 11.6. The first kappa shape index (κ1) is 21.8. The predicted octanol–water partition coefficient (Wildman–Crippen LogP) is 4.74. The molecule has 5 heteroatoms. The first-order valence-corrected chi connectivity index (χ1v) is 10.9. The fourth-order valence-corrected chi connectivity index (χ4v) is 5.52. The molecule has 4 nitrogen and oxygen atoms in total. The highest BCUT2D eigenvalue weighted by Crippen LogP contribution is 2.29. The van der Waals surface area contributed by atoms with E-state index in [4.69, 9.17) is 13.3 Å². The number of aldehydes is 1. The van der Waals surface area contributed by atoms with E-state index in [1.165, 1.54) is 38.5 Å². The number of unbranched alkanes of at least 4 members (excludes halogenated alkanes) is 6. The molecule has 0 amide bonds. The summed E-state index contributed by atoms with van der Waals surface area (Å²) in [6.07, 6.45) is 10.5. The van der Waals surface area contributed by atoms with Gasteiger partial charge in [0.05, 0.1) is 5.54 Å². The summed E-state index contributed by atoms with van der Waals surface area (Å²) >= 11 is 0. The molecule has 0 aromatic carbocycles. The molecule has 0 saturated carbocycles. The lowest BCUT2D eigenvalue weighted by atomic mass is 10.1. The highest BCUT2D eigenvalue weighted by Gasteiger charge is 2.48. The molecule has 0 aromatic rings. The number of rotatable bonds is 16. The quantitative estimate of drug-likeness (QED) is 0.232. The summed E-state index contributed by atoms with van der Waals surface area (Å²) in [4.78, 5) is 11.6. The van der Waals surface area contributed by atoms with E-state index in [9.17, 15) is 4.79 Å². The Bertz CT molecular complexity index is 244. The van der Waals surface area contributed by atoms with Crippen molar-refractivity contribution in [3.63, 3.8) is 0 Å². The molecular weight excluding hydrogens is 296 g/mol. The lowest BCUT2D eigenvalue weighted by Crippen LogP contribution is -2.51. The fourth-order valence-electron chi connectivity index (χ4n) is 2.70. The molecular formula is C17H36O4Si. The topological polar surface area (TPSA) is 44.8 Å². The van der Waals surface area contributed by atoms with Crippen LogP contribution in [0.15, 0.2) is 0 Å². The van der Waals surface area contributed by atoms with Crippen LogP contribution in [0.4, 0.5) is 0 Å². The normalized spacial score (nSPS) is 13.3. The van der Waals surface area contributed by atoms with E-state index in [0.717, 1.165) is 19.1 Å². The van der Waals surface area contributed by atoms with Gasteiger partial charge in [-0.2, -0.15) is 0 Å². The van der Waals surface area contributed by atoms with Gasteiger partial charge in [-0.15, -0.1) is 0 Å². The second-order valence-corrected chi connectivity index (χ2v) is 8.37. The van der Waals surface area contributed by atoms with Crippen molar-refractivity contribution in [3.8, 4) is 0 Å². The van der Waals surface area contributed by atoms with E-state index in [1.54, 1.807) is 0 Å². The molecule has 0 spiro atoms. The Morgan fingerprint density at radius 2 is 1.23 bits per heavy atom. The van der Waals surface area contributed by atoms with Crippen LogP contribution < -0.4 is 0 Å². The zero-order valence-electron chi connectivity index (χ0n) is 15.1. The second kappa shape index (κ2) is 14.4. The van der Waals surface area contributed by atoms with Crippen LogP contribution in [0.5, 0.6) is 0 Å². The van der Waals surface area contributed by atoms with Crippen molar-refractivity contribution >= 4 is 15.1 Å². The molecule has 0 N–H and O–H groups in total. The van der Waals surface area contributed by atoms with Gasteiger partial charge in [0.2, 0.25) is 0 Å². The van der Waals surface area contributed by atoms with Crippen LogP contribution >= 0.6 is 0 Å². The first-order chi connectivity index (χ1) is 10.7. The van der Waals surface area contributed by atoms with E-state index in [2.05, 4.69) is 6.92 Å². The summed E-state index contributed by atoms with van der Waals surface area (Å²) in [5.41, 5.74) is -0.233. The molecule has 0 saturated heterocycles. The average Bonchev–Trinajstić information content (AvgIpc) is 2.51. The molecule has 0 aromatic heterocycles. The van der Waals surface area contributed by atoms with Crippen molar-refractivity contribution in [2.75, 3.05) is 19.8 Å². The summed E-state index contributed by atoms with van der Waals surface area (Å²) in [6.45, 7) is 9.57. The number of carbonyl (C=O) groups excluding carboxylic acids is 1. The molecule has 0 rings (SSSR count). The second-order valence-electron chi connectivity index (χ2n) is 5.56. The van der Waals surface area contributed by atoms with Gasteiger partial charge in [0.15, 0.2) is 0 Å². The smallest absolute Gasteiger partial charge is 0.373 e. The Morgan fingerprint density at radius 3 is 1.64 bits per heavy atom. The SMILES string of the molecule is CCCCCCCCCC(C=O)[Si](OCC)(OCC)OCC. The van der Waals surface area contributed by atoms with Gasteiger partial charge >= 0.3 is 8.80 Å². The lowest BCUT2D eigenvalue weighted by molar-refractivity contribution is -0.109. The van der Waals surface area contributed by atoms with E-state index in [-0.39, 0.29) is 5.54 Å². The minimum absolute atomic E-state index is 0.233. The first-order valence-electron chi connectivity index (χ1n) is 9.07. The zero-order chi connectivity index (χ0) is 16.7. The number of carbonyl (C=O) groups is 1. The van der Waals surface area contributed by atoms with Gasteiger partial charge in [-0.25, -0.2) is 0 Å². The van der Waals surface area contributed by atoms with Crippen molar-refractivity contribution in [3.05, 3.63) is 0 Å². The van der Waals surface area contributed by atoms with Crippen LogP contribution in [0.2, 0.25) is 5.54 Å². The molecule has 0 aliphatic heterocycles. The Balaban J connectivity index is 4.36. The minimum Gasteiger partial charge on any atom is -0.373 e. The summed E-state index contributed by atoms with van der Waals surface area (Å²) in [5, 5.41) is 0. The third kappa shape index (κ3) is 8.41. The van der Waals surface area contributed by atoms with Gasteiger partial charge < -0.3 is 18.1 Å². The fraction of sp³-hybridized carbons (Fsp3) is 0.941. The van der Waals surface area contributed by atoms with Crippen LogP contribution in [-0.4, -0.2) is 34.9 Å². The van der Waals surface area contributed by atoms with Crippen LogP contribution in [0.1, 0.15) is 79.1 Å². The molecule has 0 radical (unpaired) electrons. The molecule has 0 aliphatic rings. The van der Waals surface area contributed by atoms with Crippen molar-refractivity contribution in [1.82, 2.24) is 0 Å². The zero-order valence-corrected chi connectivity index (χ0v) is 16.1. The van der Waals surface area contributed by atoms with Crippen molar-refractivity contribution in [1.29, 1.82) is 0 Å². The lowest BCUT2D eigenvalue weighted by Gasteiger charge is -2.32. The van der Waals surface area contributed by atoms with Gasteiger partial charge in [0.25, 0.3) is 0 Å². The molecule has 132 valence electrons. The number of hydrogen-bond acceptors (Lipinski definition) is 4. The number of hydrogen-bond donors (Lipinski definition) is 0. The van der Waals surface area contributed by atoms with Gasteiger partial charge in [0, 0.05) is 19.8 Å². The molecule has 0 bridgehead atoms. The molecule has 1 atom stereocenters. The highest BCUT2D eigenvalue weighted by molar-refractivity contribution is 6.65. The van der Waals surface area contributed by atoms with Crippen LogP contribution in [0, 0.1) is 0 Å². The highest BCUT2D eigenvalue weighted by atomic mass is 28.4. The maximum Gasteiger partial charge on any atom is 0.511 e. The average molecular weight is 333 g/mol. The Hall–Kier alpha value is -0.233. The van der Waals surface area contributed by atoms with Crippen LogP contribution in [0.3, 0.4) is 0 Å². The summed E-state index contributed by atoms with van der Waals surface area (Å²) in [5.74, 6) is 0. The Labute approximate surface area is 138 Å². The van der Waals surface area contributed by atoms with Gasteiger partial charge in [-0.1, -0.05) is 51.9 Å². The van der Waals surface area contributed by atoms with E-state index in [1.807, 2.05) is 20.8 Å². The Morgan fingerprint density at radius 1 is 0.773 bits per heavy atom. The Kier molecular flexibility index (Phi) is 14.2. The standard InChI is InChI=1S/C17H36O4Si/c1-5-9-10-11-12-13-14-15-17(16-18)22(19-6-2,20-7-3)21-8-4/h16-17H,5-15H2,1-4H3. The van der Waals surface area contributed by atoms with Gasteiger partial charge in [-0.3, -0.25) is 0 Å². The van der Waals surface area contributed by atoms with E-state index >= 15 is 0 Å². The van der Waals surface area contributed by atoms with Gasteiger partial charge in [0.1, 0.15) is 6.29 Å². The van der Waals surface area contributed by atoms with Gasteiger partial charge in [-0.05, 0) is 27.2 Å². The maximum absolute atomic E-state index is 11.6.